The van der Waals surface area contributed by atoms with Gasteiger partial charge in [0.15, 0.2) is 0 Å². The van der Waals surface area contributed by atoms with Crippen LogP contribution >= 0.6 is 7.82 Å². The minimum atomic E-state index is -3.50. The van der Waals surface area contributed by atoms with E-state index < -0.39 is 13.8 Å². The van der Waals surface area contributed by atoms with Crippen molar-refractivity contribution < 1.29 is 28.0 Å². The summed E-state index contributed by atoms with van der Waals surface area (Å²) in [5.74, 6) is -0.822. The molecule has 0 unspecified atom stereocenters. The highest BCUT2D eigenvalue weighted by Crippen LogP contribution is 2.49. The lowest BCUT2D eigenvalue weighted by molar-refractivity contribution is -0.136. The number of phosphoric ester groups is 1. The lowest BCUT2D eigenvalue weighted by Crippen LogP contribution is -2.01. The number of phosphoric acid groups is 1. The van der Waals surface area contributed by atoms with Gasteiger partial charge in [-0.05, 0) is 31.4 Å². The predicted octanol–water partition coefficient (Wildman–Crippen LogP) is 3.40. The van der Waals surface area contributed by atoms with E-state index in [-0.39, 0.29) is 26.2 Å². The topological polar surface area (TPSA) is 82.1 Å². The van der Waals surface area contributed by atoms with Gasteiger partial charge >= 0.3 is 13.8 Å². The molecule has 0 heterocycles. The van der Waals surface area contributed by atoms with Crippen LogP contribution in [0.3, 0.4) is 0 Å². The second kappa shape index (κ2) is 8.95. The van der Waals surface area contributed by atoms with Crippen LogP contribution in [0.4, 0.5) is 0 Å². The largest absolute Gasteiger partial charge is 0.481 e. The molecule has 0 amide bonds. The molecule has 0 aliphatic rings. The summed E-state index contributed by atoms with van der Waals surface area (Å²) in [7, 11) is -3.50. The van der Waals surface area contributed by atoms with Gasteiger partial charge in [0, 0.05) is 6.42 Å². The van der Waals surface area contributed by atoms with E-state index in [0.717, 1.165) is 11.1 Å². The number of hydrogen-bond acceptors (Lipinski definition) is 5. The number of benzene rings is 1. The van der Waals surface area contributed by atoms with Crippen molar-refractivity contribution in [3.05, 3.63) is 35.4 Å². The van der Waals surface area contributed by atoms with Crippen LogP contribution in [0.1, 0.15) is 31.4 Å². The fourth-order valence-electron chi connectivity index (χ4n) is 1.64. The summed E-state index contributed by atoms with van der Waals surface area (Å²) in [6.07, 6.45) is 0.576. The van der Waals surface area contributed by atoms with Gasteiger partial charge in [-0.15, -0.1) is 0 Å². The highest BCUT2D eigenvalue weighted by atomic mass is 31.2. The lowest BCUT2D eigenvalue weighted by Gasteiger charge is -2.16. The van der Waals surface area contributed by atoms with Gasteiger partial charge < -0.3 is 5.11 Å². The number of carbonyl (C=O) groups is 1. The molecule has 0 radical (unpaired) electrons. The van der Waals surface area contributed by atoms with E-state index in [9.17, 15) is 9.36 Å². The second-order valence-electron chi connectivity index (χ2n) is 4.27. The van der Waals surface area contributed by atoms with Gasteiger partial charge in [-0.3, -0.25) is 18.4 Å². The maximum atomic E-state index is 12.1. The Morgan fingerprint density at radius 1 is 1.05 bits per heavy atom. The summed E-state index contributed by atoms with van der Waals surface area (Å²) >= 11 is 0. The van der Waals surface area contributed by atoms with Crippen molar-refractivity contribution in [2.45, 2.75) is 33.3 Å². The first-order chi connectivity index (χ1) is 9.99. The Balaban J connectivity index is 2.54. The first-order valence-electron chi connectivity index (χ1n) is 6.82. The van der Waals surface area contributed by atoms with Crippen molar-refractivity contribution in [1.82, 2.24) is 0 Å². The number of carboxylic acids is 1. The standard InChI is InChI=1S/C14H21O6P/c1-3-18-21(17,19-4-2)20-11-13-7-5-12(6-8-13)9-10-14(15)16/h5-8H,3-4,9-11H2,1-2H3,(H,15,16). The van der Waals surface area contributed by atoms with Gasteiger partial charge in [-0.25, -0.2) is 4.57 Å². The van der Waals surface area contributed by atoms with Crippen LogP contribution < -0.4 is 0 Å². The minimum Gasteiger partial charge on any atom is -0.481 e. The molecule has 0 aromatic heterocycles. The van der Waals surface area contributed by atoms with Crippen molar-refractivity contribution in [3.63, 3.8) is 0 Å². The van der Waals surface area contributed by atoms with E-state index in [1.807, 2.05) is 12.1 Å². The van der Waals surface area contributed by atoms with Gasteiger partial charge in [0.2, 0.25) is 0 Å². The van der Waals surface area contributed by atoms with Gasteiger partial charge in [-0.1, -0.05) is 24.3 Å². The number of carboxylic acid groups (broad SMARTS) is 1. The van der Waals surface area contributed by atoms with Crippen LogP contribution in [0.2, 0.25) is 0 Å². The predicted molar refractivity (Wildman–Crippen MR) is 78.0 cm³/mol. The molecule has 1 rings (SSSR count). The number of hydrogen-bond donors (Lipinski definition) is 1. The average Bonchev–Trinajstić information content (AvgIpc) is 2.44. The van der Waals surface area contributed by atoms with Crippen LogP contribution in [-0.2, 0) is 36.0 Å². The molecule has 1 N–H and O–H groups in total. The Morgan fingerprint density at radius 3 is 2.05 bits per heavy atom. The molecular formula is C14H21O6P. The molecule has 1 aromatic carbocycles. The Labute approximate surface area is 124 Å². The van der Waals surface area contributed by atoms with Crippen LogP contribution in [-0.4, -0.2) is 24.3 Å². The van der Waals surface area contributed by atoms with Crippen LogP contribution in [0.15, 0.2) is 24.3 Å². The molecule has 0 saturated carbocycles. The second-order valence-corrected chi connectivity index (χ2v) is 5.94. The van der Waals surface area contributed by atoms with E-state index in [1.54, 1.807) is 26.0 Å². The number of aryl methyl sites for hydroxylation is 1. The number of rotatable bonds is 10. The quantitative estimate of drug-likeness (QED) is 0.666. The summed E-state index contributed by atoms with van der Waals surface area (Å²) < 4.78 is 27.4. The smallest absolute Gasteiger partial charge is 0.475 e. The monoisotopic (exact) mass is 316 g/mol. The normalized spacial score (nSPS) is 11.5. The molecule has 7 heteroatoms. The molecule has 0 fully saturated rings. The fourth-order valence-corrected chi connectivity index (χ4v) is 2.80. The Bertz CT molecular complexity index is 475. The molecule has 0 aliphatic carbocycles. The Morgan fingerprint density at radius 2 is 1.57 bits per heavy atom. The van der Waals surface area contributed by atoms with Gasteiger partial charge in [0.05, 0.1) is 19.8 Å². The van der Waals surface area contributed by atoms with E-state index >= 15 is 0 Å². The van der Waals surface area contributed by atoms with Gasteiger partial charge in [-0.2, -0.15) is 0 Å². The zero-order valence-electron chi connectivity index (χ0n) is 12.3. The molecule has 0 saturated heterocycles. The van der Waals surface area contributed by atoms with Crippen LogP contribution in [0.5, 0.6) is 0 Å². The molecule has 21 heavy (non-hydrogen) atoms. The molecule has 1 aromatic rings. The first kappa shape index (κ1) is 17.9. The van der Waals surface area contributed by atoms with E-state index in [1.165, 1.54) is 0 Å². The molecule has 0 atom stereocenters. The Kier molecular flexibility index (Phi) is 7.61. The zero-order valence-corrected chi connectivity index (χ0v) is 13.2. The molecule has 0 bridgehead atoms. The van der Waals surface area contributed by atoms with Crippen molar-refractivity contribution >= 4 is 13.8 Å². The summed E-state index contributed by atoms with van der Waals surface area (Å²) in [5, 5.41) is 8.63. The van der Waals surface area contributed by atoms with Crippen molar-refractivity contribution in [1.29, 1.82) is 0 Å². The highest BCUT2D eigenvalue weighted by Gasteiger charge is 2.25. The minimum absolute atomic E-state index is 0.0970. The van der Waals surface area contributed by atoms with Crippen LogP contribution in [0, 0.1) is 0 Å². The maximum absolute atomic E-state index is 12.1. The SMILES string of the molecule is CCOP(=O)(OCC)OCc1ccc(CCC(=O)O)cc1. The summed E-state index contributed by atoms with van der Waals surface area (Å²) in [6.45, 7) is 4.02. The van der Waals surface area contributed by atoms with Gasteiger partial charge in [0.1, 0.15) is 0 Å². The fraction of sp³-hybridized carbons (Fsp3) is 0.500. The molecule has 0 aliphatic heterocycles. The highest BCUT2D eigenvalue weighted by molar-refractivity contribution is 7.48. The van der Waals surface area contributed by atoms with E-state index in [4.69, 9.17) is 18.7 Å². The zero-order chi connectivity index (χ0) is 15.7. The summed E-state index contributed by atoms with van der Waals surface area (Å²) in [4.78, 5) is 10.5. The number of aliphatic carboxylic acids is 1. The van der Waals surface area contributed by atoms with Crippen molar-refractivity contribution in [2.75, 3.05) is 13.2 Å². The summed E-state index contributed by atoms with van der Waals surface area (Å²) in [5.41, 5.74) is 1.74. The van der Waals surface area contributed by atoms with E-state index in [2.05, 4.69) is 0 Å². The van der Waals surface area contributed by atoms with Gasteiger partial charge in [0.25, 0.3) is 0 Å². The van der Waals surface area contributed by atoms with Crippen LogP contribution in [0.25, 0.3) is 0 Å². The molecule has 118 valence electrons. The maximum Gasteiger partial charge on any atom is 0.475 e. The Hall–Kier alpha value is -1.20. The summed E-state index contributed by atoms with van der Waals surface area (Å²) in [6, 6.07) is 7.26. The first-order valence-corrected chi connectivity index (χ1v) is 8.28. The third kappa shape index (κ3) is 6.87. The third-order valence-corrected chi connectivity index (χ3v) is 4.21. The van der Waals surface area contributed by atoms with Crippen molar-refractivity contribution in [3.8, 4) is 0 Å². The lowest BCUT2D eigenvalue weighted by atomic mass is 10.1. The van der Waals surface area contributed by atoms with Crippen molar-refractivity contribution in [2.24, 2.45) is 0 Å². The average molecular weight is 316 g/mol. The molecular weight excluding hydrogens is 295 g/mol. The van der Waals surface area contributed by atoms with E-state index in [0.29, 0.717) is 6.42 Å². The third-order valence-electron chi connectivity index (χ3n) is 2.61. The molecule has 0 spiro atoms. The molecule has 6 nitrogen and oxygen atoms in total.